The van der Waals surface area contributed by atoms with E-state index in [2.05, 4.69) is 26.1 Å². The minimum Gasteiger partial charge on any atom is -0.479 e. The number of carbonyl (C=O) groups is 2. The molecule has 1 aliphatic rings. The summed E-state index contributed by atoms with van der Waals surface area (Å²) in [5, 5.41) is 12.5. The van der Waals surface area contributed by atoms with Gasteiger partial charge in [-0.2, -0.15) is 0 Å². The number of hydrogen-bond donors (Lipinski definition) is 2. The second-order valence-corrected chi connectivity index (χ2v) is 6.25. The Kier molecular flexibility index (Phi) is 5.84. The predicted molar refractivity (Wildman–Crippen MR) is 78.6 cm³/mol. The van der Waals surface area contributed by atoms with Crippen molar-refractivity contribution in [1.82, 2.24) is 10.2 Å². The fourth-order valence-electron chi connectivity index (χ4n) is 2.76. The van der Waals surface area contributed by atoms with Crippen LogP contribution in [0.1, 0.15) is 53.4 Å². The first kappa shape index (κ1) is 16.8. The van der Waals surface area contributed by atoms with E-state index in [0.29, 0.717) is 37.8 Å². The lowest BCUT2D eigenvalue weighted by atomic mass is 9.91. The third-order valence-electron chi connectivity index (χ3n) is 4.51. The standard InChI is InChI=1S/C15H28N2O3/c1-5-7-15(13(18)19)8-6-9-17(15)14(20)16-10-12(4)11(2)3/h11-12H,5-10H2,1-4H3,(H,16,20)(H,18,19). The first-order valence-electron chi connectivity index (χ1n) is 7.64. The average Bonchev–Trinajstić information content (AvgIpc) is 2.81. The SMILES string of the molecule is CCCC1(C(=O)O)CCCN1C(=O)NCC(C)C(C)C. The van der Waals surface area contributed by atoms with Gasteiger partial charge in [0.25, 0.3) is 0 Å². The van der Waals surface area contributed by atoms with Crippen LogP contribution in [0.5, 0.6) is 0 Å². The zero-order valence-corrected chi connectivity index (χ0v) is 13.1. The molecule has 0 aromatic rings. The Balaban J connectivity index is 2.72. The lowest BCUT2D eigenvalue weighted by molar-refractivity contribution is -0.148. The minimum atomic E-state index is -1.00. The number of hydrogen-bond acceptors (Lipinski definition) is 2. The van der Waals surface area contributed by atoms with Crippen molar-refractivity contribution < 1.29 is 14.7 Å². The number of rotatable bonds is 6. The molecule has 1 heterocycles. The average molecular weight is 284 g/mol. The van der Waals surface area contributed by atoms with Crippen LogP contribution < -0.4 is 5.32 Å². The Morgan fingerprint density at radius 2 is 2.00 bits per heavy atom. The molecule has 116 valence electrons. The van der Waals surface area contributed by atoms with Crippen LogP contribution in [0.2, 0.25) is 0 Å². The van der Waals surface area contributed by atoms with Gasteiger partial charge in [-0.05, 0) is 31.1 Å². The van der Waals surface area contributed by atoms with E-state index in [9.17, 15) is 14.7 Å². The van der Waals surface area contributed by atoms with E-state index >= 15 is 0 Å². The summed E-state index contributed by atoms with van der Waals surface area (Å²) >= 11 is 0. The summed E-state index contributed by atoms with van der Waals surface area (Å²) < 4.78 is 0. The number of carboxylic acids is 1. The predicted octanol–water partition coefficient (Wildman–Crippen LogP) is 2.71. The number of carboxylic acid groups (broad SMARTS) is 1. The van der Waals surface area contributed by atoms with E-state index < -0.39 is 11.5 Å². The lowest BCUT2D eigenvalue weighted by Crippen LogP contribution is -2.56. The summed E-state index contributed by atoms with van der Waals surface area (Å²) in [6.45, 7) is 9.41. The number of aliphatic carboxylic acids is 1. The minimum absolute atomic E-state index is 0.231. The van der Waals surface area contributed by atoms with Crippen molar-refractivity contribution in [1.29, 1.82) is 0 Å². The summed E-state index contributed by atoms with van der Waals surface area (Å²) in [5.74, 6) is 0.00427. The zero-order chi connectivity index (χ0) is 15.3. The van der Waals surface area contributed by atoms with Crippen LogP contribution in [-0.2, 0) is 4.79 Å². The smallest absolute Gasteiger partial charge is 0.329 e. The van der Waals surface area contributed by atoms with Crippen molar-refractivity contribution in [3.63, 3.8) is 0 Å². The van der Waals surface area contributed by atoms with Gasteiger partial charge >= 0.3 is 12.0 Å². The molecule has 0 aromatic carbocycles. The van der Waals surface area contributed by atoms with Crippen LogP contribution in [-0.4, -0.2) is 40.6 Å². The molecule has 0 radical (unpaired) electrons. The molecule has 20 heavy (non-hydrogen) atoms. The van der Waals surface area contributed by atoms with Gasteiger partial charge in [0.05, 0.1) is 0 Å². The molecule has 0 aliphatic carbocycles. The molecular weight excluding hydrogens is 256 g/mol. The monoisotopic (exact) mass is 284 g/mol. The Bertz CT molecular complexity index is 357. The van der Waals surface area contributed by atoms with Gasteiger partial charge in [0.1, 0.15) is 5.54 Å². The van der Waals surface area contributed by atoms with Crippen LogP contribution in [0.25, 0.3) is 0 Å². The summed E-state index contributed by atoms with van der Waals surface area (Å²) in [4.78, 5) is 25.5. The summed E-state index contributed by atoms with van der Waals surface area (Å²) in [7, 11) is 0. The number of likely N-dealkylation sites (tertiary alicyclic amines) is 1. The topological polar surface area (TPSA) is 69.6 Å². The maximum absolute atomic E-state index is 12.3. The lowest BCUT2D eigenvalue weighted by Gasteiger charge is -2.35. The Labute approximate surface area is 121 Å². The quantitative estimate of drug-likeness (QED) is 0.788. The number of amides is 2. The largest absolute Gasteiger partial charge is 0.479 e. The molecule has 1 rings (SSSR count). The van der Waals surface area contributed by atoms with Gasteiger partial charge in [0.15, 0.2) is 0 Å². The summed E-state index contributed by atoms with van der Waals surface area (Å²) in [6.07, 6.45) is 2.61. The van der Waals surface area contributed by atoms with Crippen LogP contribution in [0, 0.1) is 11.8 Å². The molecule has 2 atom stereocenters. The molecule has 5 nitrogen and oxygen atoms in total. The highest BCUT2D eigenvalue weighted by Gasteiger charge is 2.49. The maximum Gasteiger partial charge on any atom is 0.329 e. The molecule has 1 aliphatic heterocycles. The van der Waals surface area contributed by atoms with Crippen molar-refractivity contribution in [2.45, 2.75) is 58.9 Å². The number of nitrogens with zero attached hydrogens (tertiary/aromatic N) is 1. The zero-order valence-electron chi connectivity index (χ0n) is 13.1. The normalized spacial score (nSPS) is 23.9. The molecule has 2 N–H and O–H groups in total. The fourth-order valence-corrected chi connectivity index (χ4v) is 2.76. The van der Waals surface area contributed by atoms with E-state index in [1.165, 1.54) is 4.90 Å². The van der Waals surface area contributed by atoms with E-state index in [1.54, 1.807) is 0 Å². The highest BCUT2D eigenvalue weighted by atomic mass is 16.4. The van der Waals surface area contributed by atoms with Crippen molar-refractivity contribution in [2.75, 3.05) is 13.1 Å². The molecular formula is C15H28N2O3. The summed E-state index contributed by atoms with van der Waals surface area (Å²) in [5.41, 5.74) is -1.00. The fraction of sp³-hybridized carbons (Fsp3) is 0.867. The van der Waals surface area contributed by atoms with Gasteiger partial charge in [-0.25, -0.2) is 9.59 Å². The second-order valence-electron chi connectivity index (χ2n) is 6.25. The number of urea groups is 1. The highest BCUT2D eigenvalue weighted by Crippen LogP contribution is 2.34. The molecule has 0 aromatic heterocycles. The molecule has 1 saturated heterocycles. The van der Waals surface area contributed by atoms with Crippen LogP contribution >= 0.6 is 0 Å². The van der Waals surface area contributed by atoms with E-state index in [-0.39, 0.29) is 6.03 Å². The van der Waals surface area contributed by atoms with Gasteiger partial charge in [0.2, 0.25) is 0 Å². The molecule has 0 saturated carbocycles. The van der Waals surface area contributed by atoms with Crippen LogP contribution in [0.4, 0.5) is 4.79 Å². The Morgan fingerprint density at radius 1 is 1.35 bits per heavy atom. The van der Waals surface area contributed by atoms with Crippen LogP contribution in [0.3, 0.4) is 0 Å². The van der Waals surface area contributed by atoms with Gasteiger partial charge in [-0.3, -0.25) is 0 Å². The third kappa shape index (κ3) is 3.44. The summed E-state index contributed by atoms with van der Waals surface area (Å²) in [6, 6.07) is -0.231. The Hall–Kier alpha value is -1.26. The third-order valence-corrected chi connectivity index (χ3v) is 4.51. The van der Waals surface area contributed by atoms with E-state index in [0.717, 1.165) is 12.8 Å². The van der Waals surface area contributed by atoms with Crippen molar-refractivity contribution in [3.8, 4) is 0 Å². The number of nitrogens with one attached hydrogen (secondary N) is 1. The van der Waals surface area contributed by atoms with Gasteiger partial charge < -0.3 is 15.3 Å². The number of carbonyl (C=O) groups excluding carboxylic acids is 1. The van der Waals surface area contributed by atoms with Crippen molar-refractivity contribution in [2.24, 2.45) is 11.8 Å². The molecule has 2 amide bonds. The van der Waals surface area contributed by atoms with Crippen molar-refractivity contribution >= 4 is 12.0 Å². The van der Waals surface area contributed by atoms with E-state index in [4.69, 9.17) is 0 Å². The molecule has 5 heteroatoms. The maximum atomic E-state index is 12.3. The van der Waals surface area contributed by atoms with Crippen molar-refractivity contribution in [3.05, 3.63) is 0 Å². The van der Waals surface area contributed by atoms with E-state index in [1.807, 2.05) is 6.92 Å². The van der Waals surface area contributed by atoms with Gasteiger partial charge in [-0.15, -0.1) is 0 Å². The highest BCUT2D eigenvalue weighted by molar-refractivity contribution is 5.87. The first-order chi connectivity index (χ1) is 9.35. The van der Waals surface area contributed by atoms with Gasteiger partial charge in [0, 0.05) is 13.1 Å². The molecule has 2 unspecified atom stereocenters. The molecule has 0 bridgehead atoms. The van der Waals surface area contributed by atoms with Gasteiger partial charge in [-0.1, -0.05) is 34.1 Å². The molecule has 1 fully saturated rings. The molecule has 0 spiro atoms. The second kappa shape index (κ2) is 6.95. The van der Waals surface area contributed by atoms with Crippen LogP contribution in [0.15, 0.2) is 0 Å². The Morgan fingerprint density at radius 3 is 2.50 bits per heavy atom. The first-order valence-corrected chi connectivity index (χ1v) is 7.64.